The van der Waals surface area contributed by atoms with Gasteiger partial charge in [-0.2, -0.15) is 0 Å². The summed E-state index contributed by atoms with van der Waals surface area (Å²) < 4.78 is 0. The Balaban J connectivity index is -0.000000320. The molecule has 6 heteroatoms. The average molecular weight is 176 g/mol. The fourth-order valence-corrected chi connectivity index (χ4v) is 0.264. The number of aliphatic hydroxyl groups excluding tert-OH is 3. The summed E-state index contributed by atoms with van der Waals surface area (Å²) in [6, 6.07) is 0. The van der Waals surface area contributed by atoms with E-state index in [0.29, 0.717) is 0 Å². The van der Waals surface area contributed by atoms with Crippen molar-refractivity contribution in [3.05, 3.63) is 0 Å². The maximum Gasteiger partial charge on any atom is 1.00 e. The quantitative estimate of drug-likeness (QED) is 0.322. The summed E-state index contributed by atoms with van der Waals surface area (Å²) >= 11 is 0. The van der Waals surface area contributed by atoms with E-state index in [0.717, 1.165) is 0 Å². The third kappa shape index (κ3) is 4.75. The maximum absolute atomic E-state index is 9.78. The largest absolute Gasteiger partial charge is 1.00 e. The van der Waals surface area contributed by atoms with Crippen molar-refractivity contribution >= 4 is 5.97 Å². The first-order chi connectivity index (χ1) is 4.09. The van der Waals surface area contributed by atoms with Crippen molar-refractivity contribution in [3.8, 4) is 0 Å². The van der Waals surface area contributed by atoms with Gasteiger partial charge in [0, 0.05) is 0 Å². The normalized spacial score (nSPS) is 15.1. The number of carboxylic acids is 1. The van der Waals surface area contributed by atoms with Crippen LogP contribution >= 0.6 is 0 Å². The minimum absolute atomic E-state index is 0. The van der Waals surface area contributed by atoms with Crippen LogP contribution in [0.4, 0.5) is 0 Å². The second-order valence-electron chi connectivity index (χ2n) is 1.53. The Hall–Kier alpha value is 0.986. The zero-order valence-electron chi connectivity index (χ0n) is 6.56. The molecule has 0 aliphatic carbocycles. The molecule has 0 amide bonds. The zero-order valence-corrected chi connectivity index (χ0v) is 8.68. The van der Waals surface area contributed by atoms with E-state index in [-0.39, 0.29) is 52.8 Å². The molecule has 0 heterocycles. The molecule has 0 saturated heterocycles. The average Bonchev–Trinajstić information content (AvgIpc) is 1.84. The predicted molar refractivity (Wildman–Crippen MR) is 27.8 cm³/mol. The zero-order chi connectivity index (χ0) is 7.44. The van der Waals surface area contributed by atoms with Gasteiger partial charge in [-0.3, -0.25) is 0 Å². The summed E-state index contributed by atoms with van der Waals surface area (Å²) in [5, 5.41) is 32.8. The van der Waals surface area contributed by atoms with Gasteiger partial charge in [-0.15, -0.1) is 0 Å². The summed E-state index contributed by atoms with van der Waals surface area (Å²) in [5.41, 5.74) is 0. The van der Waals surface area contributed by atoms with Crippen molar-refractivity contribution in [2.24, 2.45) is 0 Å². The first kappa shape index (κ1) is 13.6. The Morgan fingerprint density at radius 2 is 1.90 bits per heavy atom. The van der Waals surface area contributed by atoms with Crippen LogP contribution in [-0.2, 0) is 4.79 Å². The van der Waals surface area contributed by atoms with Crippen LogP contribution in [-0.4, -0.2) is 45.2 Å². The van der Waals surface area contributed by atoms with Crippen LogP contribution < -0.4 is 51.4 Å². The van der Waals surface area contributed by atoms with Gasteiger partial charge >= 0.3 is 57.4 Å². The minimum Gasteiger partial charge on any atom is -1.00 e. The molecule has 0 aromatic heterocycles. The Morgan fingerprint density at radius 1 is 1.50 bits per heavy atom. The van der Waals surface area contributed by atoms with Gasteiger partial charge in [-0.1, -0.05) is 0 Å². The minimum atomic E-state index is -1.89. The van der Waals surface area contributed by atoms with Crippen LogP contribution in [0.2, 0.25) is 0 Å². The molecule has 0 aliphatic heterocycles. The molecule has 56 valence electrons. The Morgan fingerprint density at radius 3 is 2.00 bits per heavy atom. The fourth-order valence-electron chi connectivity index (χ4n) is 0.264. The number of hydrogen-bond donors (Lipinski definition) is 4. The monoisotopic (exact) mass is 176 g/mol. The maximum atomic E-state index is 9.78. The van der Waals surface area contributed by atoms with E-state index < -0.39 is 24.8 Å². The van der Waals surface area contributed by atoms with E-state index in [2.05, 4.69) is 0 Å². The molecule has 0 rings (SSSR count). The van der Waals surface area contributed by atoms with E-state index in [1.54, 1.807) is 0 Å². The molecule has 5 nitrogen and oxygen atoms in total. The number of rotatable bonds is 3. The molecule has 0 spiro atoms. The molecular formula is C4H9KO5. The van der Waals surface area contributed by atoms with Crippen molar-refractivity contribution in [2.75, 3.05) is 6.61 Å². The number of carbonyl (C=O) groups is 1. The molecule has 0 aromatic rings. The molecular weight excluding hydrogens is 167 g/mol. The third-order valence-electron chi connectivity index (χ3n) is 0.805. The molecule has 0 fully saturated rings. The van der Waals surface area contributed by atoms with Crippen molar-refractivity contribution < 1.29 is 78.0 Å². The molecule has 0 radical (unpaired) electrons. The second-order valence-corrected chi connectivity index (χ2v) is 1.53. The van der Waals surface area contributed by atoms with Crippen LogP contribution in [0.5, 0.6) is 0 Å². The third-order valence-corrected chi connectivity index (χ3v) is 0.805. The summed E-state index contributed by atoms with van der Waals surface area (Å²) in [4.78, 5) is 9.78. The van der Waals surface area contributed by atoms with Gasteiger partial charge in [-0.25, -0.2) is 4.79 Å². The van der Waals surface area contributed by atoms with E-state index in [1.807, 2.05) is 0 Å². The molecule has 0 saturated carbocycles. The molecule has 0 aliphatic rings. The van der Waals surface area contributed by atoms with Crippen molar-refractivity contribution in [1.29, 1.82) is 0 Å². The molecule has 0 aromatic carbocycles. The van der Waals surface area contributed by atoms with Crippen LogP contribution in [0.25, 0.3) is 0 Å². The van der Waals surface area contributed by atoms with Crippen molar-refractivity contribution in [1.82, 2.24) is 0 Å². The van der Waals surface area contributed by atoms with Crippen molar-refractivity contribution in [2.45, 2.75) is 12.2 Å². The van der Waals surface area contributed by atoms with E-state index in [4.69, 9.17) is 20.4 Å². The van der Waals surface area contributed by atoms with Gasteiger partial charge < -0.3 is 21.9 Å². The van der Waals surface area contributed by atoms with Gasteiger partial charge in [-0.05, 0) is 0 Å². The SMILES string of the molecule is O=C(O)C(O)C(O)CO.[H-].[K+]. The van der Waals surface area contributed by atoms with E-state index >= 15 is 0 Å². The van der Waals surface area contributed by atoms with Gasteiger partial charge in [0.2, 0.25) is 0 Å². The number of carboxylic acid groups (broad SMARTS) is 1. The molecule has 2 unspecified atom stereocenters. The molecule has 10 heavy (non-hydrogen) atoms. The summed E-state index contributed by atoms with van der Waals surface area (Å²) in [7, 11) is 0. The summed E-state index contributed by atoms with van der Waals surface area (Å²) in [6.07, 6.45) is -3.49. The second kappa shape index (κ2) is 6.68. The first-order valence-corrected chi connectivity index (χ1v) is 2.29. The van der Waals surface area contributed by atoms with Crippen LogP contribution in [0.3, 0.4) is 0 Å². The molecule has 4 N–H and O–H groups in total. The van der Waals surface area contributed by atoms with Gasteiger partial charge in [0.15, 0.2) is 6.10 Å². The fraction of sp³-hybridized carbons (Fsp3) is 0.750. The Labute approximate surface area is 102 Å². The number of aliphatic carboxylic acids is 1. The molecule has 0 bridgehead atoms. The van der Waals surface area contributed by atoms with Gasteiger partial charge in [0.05, 0.1) is 6.61 Å². The predicted octanol–water partition coefficient (Wildman–Crippen LogP) is -5.10. The van der Waals surface area contributed by atoms with Gasteiger partial charge in [0.1, 0.15) is 6.10 Å². The Bertz CT molecular complexity index is 111. The smallest absolute Gasteiger partial charge is 1.00 e. The standard InChI is InChI=1S/C4H8O5.K.H/c5-1-2(6)3(7)4(8)9;;/h2-3,5-7H,1H2,(H,8,9);;/q;+1;-1. The molecule has 2 atom stereocenters. The number of aliphatic hydroxyl groups is 3. The topological polar surface area (TPSA) is 98.0 Å². The summed E-state index contributed by atoms with van der Waals surface area (Å²) in [6.45, 7) is -0.756. The van der Waals surface area contributed by atoms with Crippen LogP contribution in [0, 0.1) is 0 Å². The first-order valence-electron chi connectivity index (χ1n) is 2.29. The summed E-state index contributed by atoms with van der Waals surface area (Å²) in [5.74, 6) is -1.54. The van der Waals surface area contributed by atoms with E-state index in [1.165, 1.54) is 0 Å². The van der Waals surface area contributed by atoms with E-state index in [9.17, 15) is 4.79 Å². The van der Waals surface area contributed by atoms with Crippen LogP contribution in [0.15, 0.2) is 0 Å². The van der Waals surface area contributed by atoms with Gasteiger partial charge in [0.25, 0.3) is 0 Å². The van der Waals surface area contributed by atoms with Crippen LogP contribution in [0.1, 0.15) is 1.43 Å². The number of hydrogen-bond acceptors (Lipinski definition) is 4. The Kier molecular flexibility index (Phi) is 9.07. The van der Waals surface area contributed by atoms with Crippen molar-refractivity contribution in [3.63, 3.8) is 0 Å².